The minimum Gasteiger partial charge on any atom is -0.492 e. The van der Waals surface area contributed by atoms with Gasteiger partial charge in [-0.3, -0.25) is 19.7 Å². The number of aromatic nitrogens is 2. The average molecular weight is 311 g/mol. The lowest BCUT2D eigenvalue weighted by molar-refractivity contribution is -0.385. The van der Waals surface area contributed by atoms with E-state index in [4.69, 9.17) is 16.3 Å². The molecule has 0 saturated carbocycles. The van der Waals surface area contributed by atoms with Crippen LogP contribution < -0.4 is 4.74 Å². The average Bonchev–Trinajstić information content (AvgIpc) is 2.90. The van der Waals surface area contributed by atoms with Gasteiger partial charge < -0.3 is 4.74 Å². The maximum Gasteiger partial charge on any atom is 0.307 e. The molecule has 112 valence electrons. The molecule has 0 atom stereocenters. The summed E-state index contributed by atoms with van der Waals surface area (Å²) in [6.45, 7) is 1.62. The van der Waals surface area contributed by atoms with Crippen molar-refractivity contribution in [3.8, 4) is 5.75 Å². The number of rotatable bonds is 7. The molecule has 0 bridgehead atoms. The van der Waals surface area contributed by atoms with E-state index in [9.17, 15) is 10.1 Å². The molecule has 1 aromatic heterocycles. The van der Waals surface area contributed by atoms with Gasteiger partial charge in [0.25, 0.3) is 0 Å². The molecule has 0 aliphatic rings. The quantitative estimate of drug-likeness (QED) is 0.580. The van der Waals surface area contributed by atoms with Crippen LogP contribution in [-0.2, 0) is 6.67 Å². The van der Waals surface area contributed by atoms with Gasteiger partial charge in [-0.2, -0.15) is 5.10 Å². The maximum atomic E-state index is 10.6. The predicted molar refractivity (Wildman–Crippen MR) is 78.5 cm³/mol. The van der Waals surface area contributed by atoms with E-state index >= 15 is 0 Å². The summed E-state index contributed by atoms with van der Waals surface area (Å²) < 4.78 is 7.09. The van der Waals surface area contributed by atoms with E-state index in [1.54, 1.807) is 24.3 Å². The van der Waals surface area contributed by atoms with Gasteiger partial charge in [-0.05, 0) is 31.3 Å². The van der Waals surface area contributed by atoms with Crippen molar-refractivity contribution in [3.63, 3.8) is 0 Å². The zero-order chi connectivity index (χ0) is 15.2. The molecule has 0 saturated heterocycles. The molecular weight excluding hydrogens is 296 g/mol. The third kappa shape index (κ3) is 4.73. The summed E-state index contributed by atoms with van der Waals surface area (Å²) in [7, 11) is 1.89. The molecule has 0 spiro atoms. The Morgan fingerprint density at radius 2 is 2.14 bits per heavy atom. The summed E-state index contributed by atoms with van der Waals surface area (Å²) in [5.41, 5.74) is -0.0131. The van der Waals surface area contributed by atoms with Gasteiger partial charge in [-0.15, -0.1) is 0 Å². The minimum absolute atomic E-state index is 0.0131. The molecule has 0 aliphatic carbocycles. The van der Waals surface area contributed by atoms with Gasteiger partial charge in [-0.25, -0.2) is 0 Å². The van der Waals surface area contributed by atoms with Gasteiger partial charge in [0.15, 0.2) is 0 Å². The summed E-state index contributed by atoms with van der Waals surface area (Å²) >= 11 is 5.79. The number of ether oxygens (including phenoxy) is 1. The van der Waals surface area contributed by atoms with E-state index in [2.05, 4.69) is 5.10 Å². The zero-order valence-corrected chi connectivity index (χ0v) is 12.2. The Hall–Kier alpha value is -2.12. The maximum absolute atomic E-state index is 10.6. The highest BCUT2D eigenvalue weighted by Gasteiger charge is 2.09. The zero-order valence-electron chi connectivity index (χ0n) is 11.5. The van der Waals surface area contributed by atoms with Crippen LogP contribution in [0.15, 0.2) is 36.7 Å². The molecule has 1 aromatic carbocycles. The molecule has 2 aromatic rings. The molecule has 0 N–H and O–H groups in total. The largest absolute Gasteiger partial charge is 0.492 e. The van der Waals surface area contributed by atoms with Crippen LogP contribution >= 0.6 is 11.6 Å². The fraction of sp³-hybridized carbons (Fsp3) is 0.308. The van der Waals surface area contributed by atoms with E-state index in [0.717, 1.165) is 5.75 Å². The molecule has 0 radical (unpaired) electrons. The molecule has 2 rings (SSSR count). The van der Waals surface area contributed by atoms with Crippen LogP contribution in [0.3, 0.4) is 0 Å². The van der Waals surface area contributed by atoms with Gasteiger partial charge in [0.05, 0.1) is 11.6 Å². The molecule has 8 heteroatoms. The predicted octanol–water partition coefficient (Wildman–Crippen LogP) is 2.41. The van der Waals surface area contributed by atoms with Gasteiger partial charge in [0.1, 0.15) is 24.8 Å². The van der Waals surface area contributed by atoms with E-state index in [0.29, 0.717) is 24.8 Å². The second-order valence-electron chi connectivity index (χ2n) is 4.52. The van der Waals surface area contributed by atoms with Crippen LogP contribution in [0.5, 0.6) is 5.75 Å². The van der Waals surface area contributed by atoms with E-state index in [1.807, 2.05) is 11.9 Å². The van der Waals surface area contributed by atoms with Crippen molar-refractivity contribution in [2.75, 3.05) is 20.2 Å². The normalized spacial score (nSPS) is 10.8. The fourth-order valence-electron chi connectivity index (χ4n) is 1.69. The molecule has 21 heavy (non-hydrogen) atoms. The van der Waals surface area contributed by atoms with Crippen LogP contribution in [0, 0.1) is 10.1 Å². The second-order valence-corrected chi connectivity index (χ2v) is 4.96. The van der Waals surface area contributed by atoms with E-state index in [1.165, 1.54) is 17.1 Å². The van der Waals surface area contributed by atoms with Gasteiger partial charge in [0.2, 0.25) is 0 Å². The van der Waals surface area contributed by atoms with Crippen molar-refractivity contribution < 1.29 is 9.66 Å². The minimum atomic E-state index is -0.465. The van der Waals surface area contributed by atoms with Crippen molar-refractivity contribution in [2.45, 2.75) is 6.67 Å². The Labute approximate surface area is 126 Å². The molecule has 0 amide bonds. The number of nitro groups is 1. The Kier molecular flexibility index (Phi) is 5.13. The first-order valence-corrected chi connectivity index (χ1v) is 6.66. The topological polar surface area (TPSA) is 73.4 Å². The third-order valence-corrected chi connectivity index (χ3v) is 3.02. The van der Waals surface area contributed by atoms with Crippen LogP contribution in [0.1, 0.15) is 0 Å². The monoisotopic (exact) mass is 310 g/mol. The molecule has 0 aliphatic heterocycles. The van der Waals surface area contributed by atoms with Crippen molar-refractivity contribution in [1.29, 1.82) is 0 Å². The summed E-state index contributed by atoms with van der Waals surface area (Å²) in [5.74, 6) is 0.752. The number of benzene rings is 1. The van der Waals surface area contributed by atoms with Crippen molar-refractivity contribution in [3.05, 3.63) is 51.8 Å². The Morgan fingerprint density at radius 1 is 1.43 bits per heavy atom. The summed E-state index contributed by atoms with van der Waals surface area (Å²) in [6.07, 6.45) is 2.63. The SMILES string of the molecule is CN(CCOc1ccc(Cl)cc1)Cn1cc([N+](=O)[O-])cn1. The number of nitrogens with zero attached hydrogens (tertiary/aromatic N) is 4. The van der Waals surface area contributed by atoms with Crippen LogP contribution in [0.4, 0.5) is 5.69 Å². The molecule has 0 fully saturated rings. The smallest absolute Gasteiger partial charge is 0.307 e. The number of likely N-dealkylation sites (N-methyl/N-ethyl adjacent to an activating group) is 1. The summed E-state index contributed by atoms with van der Waals surface area (Å²) in [6, 6.07) is 7.14. The van der Waals surface area contributed by atoms with Crippen molar-refractivity contribution in [1.82, 2.24) is 14.7 Å². The lowest BCUT2D eigenvalue weighted by Gasteiger charge is -2.16. The number of hydrogen-bond donors (Lipinski definition) is 0. The standard InChI is InChI=1S/C13H15ClN4O3/c1-16(10-17-9-12(8-15-17)18(19)20)6-7-21-13-4-2-11(14)3-5-13/h2-5,8-9H,6-7,10H2,1H3. The van der Waals surface area contributed by atoms with Crippen molar-refractivity contribution >= 4 is 17.3 Å². The first-order valence-electron chi connectivity index (χ1n) is 6.28. The first kappa shape index (κ1) is 15.3. The van der Waals surface area contributed by atoms with Crippen LogP contribution in [0.2, 0.25) is 5.02 Å². The van der Waals surface area contributed by atoms with E-state index < -0.39 is 4.92 Å². The summed E-state index contributed by atoms with van der Waals surface area (Å²) in [4.78, 5) is 12.0. The Balaban J connectivity index is 1.75. The number of halogens is 1. The molecule has 1 heterocycles. The van der Waals surface area contributed by atoms with Gasteiger partial charge in [-0.1, -0.05) is 11.6 Å². The molecule has 0 unspecified atom stereocenters. The number of hydrogen-bond acceptors (Lipinski definition) is 5. The molecule has 7 nitrogen and oxygen atoms in total. The highest BCUT2D eigenvalue weighted by atomic mass is 35.5. The van der Waals surface area contributed by atoms with Crippen LogP contribution in [0.25, 0.3) is 0 Å². The highest BCUT2D eigenvalue weighted by Crippen LogP contribution is 2.15. The van der Waals surface area contributed by atoms with Gasteiger partial charge in [0, 0.05) is 11.6 Å². The van der Waals surface area contributed by atoms with Crippen molar-refractivity contribution in [2.24, 2.45) is 0 Å². The lowest BCUT2D eigenvalue weighted by Crippen LogP contribution is -2.27. The van der Waals surface area contributed by atoms with Crippen LogP contribution in [-0.4, -0.2) is 39.8 Å². The first-order chi connectivity index (χ1) is 10.0. The third-order valence-electron chi connectivity index (χ3n) is 2.77. The summed E-state index contributed by atoms with van der Waals surface area (Å²) in [5, 5.41) is 15.2. The fourth-order valence-corrected chi connectivity index (χ4v) is 1.82. The lowest BCUT2D eigenvalue weighted by atomic mass is 10.3. The Bertz CT molecular complexity index is 600. The van der Waals surface area contributed by atoms with E-state index in [-0.39, 0.29) is 5.69 Å². The second kappa shape index (κ2) is 7.05. The van der Waals surface area contributed by atoms with Gasteiger partial charge >= 0.3 is 5.69 Å². The highest BCUT2D eigenvalue weighted by molar-refractivity contribution is 6.30. The molecular formula is C13H15ClN4O3. The Morgan fingerprint density at radius 3 is 2.76 bits per heavy atom.